The summed E-state index contributed by atoms with van der Waals surface area (Å²) < 4.78 is 31.0. The van der Waals surface area contributed by atoms with E-state index in [0.29, 0.717) is 23.4 Å². The van der Waals surface area contributed by atoms with Crippen molar-refractivity contribution in [1.29, 1.82) is 0 Å². The standard InChI is InChI=1S/C20H35N5O3S.HI/c1-16(2)19(25-10-12-28-13-11-25)15-23-20(21-3)22-14-17-6-8-18(9-7-17)29(26,27)24(4)5;/h6-9,16,19H,10-15H2,1-5H3,(H2,21,22,23);1H. The van der Waals surface area contributed by atoms with E-state index in [4.69, 9.17) is 4.74 Å². The molecule has 172 valence electrons. The van der Waals surface area contributed by atoms with E-state index in [2.05, 4.69) is 34.4 Å². The lowest BCUT2D eigenvalue weighted by atomic mass is 10.0. The molecule has 0 bridgehead atoms. The average Bonchev–Trinajstić information content (AvgIpc) is 2.71. The van der Waals surface area contributed by atoms with E-state index in [1.54, 1.807) is 19.2 Å². The molecule has 1 atom stereocenters. The Morgan fingerprint density at radius 2 is 1.77 bits per heavy atom. The Morgan fingerprint density at radius 3 is 2.27 bits per heavy atom. The van der Waals surface area contributed by atoms with Gasteiger partial charge in [0, 0.05) is 53.4 Å². The summed E-state index contributed by atoms with van der Waals surface area (Å²) >= 11 is 0. The van der Waals surface area contributed by atoms with Gasteiger partial charge >= 0.3 is 0 Å². The number of sulfonamides is 1. The molecule has 1 aliphatic rings. The van der Waals surface area contributed by atoms with Crippen molar-refractivity contribution in [2.45, 2.75) is 31.3 Å². The first kappa shape index (κ1) is 27.1. The van der Waals surface area contributed by atoms with Crippen LogP contribution in [0.1, 0.15) is 19.4 Å². The molecule has 1 unspecified atom stereocenters. The Kier molecular flexibility index (Phi) is 11.6. The number of ether oxygens (including phenoxy) is 1. The van der Waals surface area contributed by atoms with Crippen LogP contribution in [0.15, 0.2) is 34.2 Å². The highest BCUT2D eigenvalue weighted by Gasteiger charge is 2.24. The van der Waals surface area contributed by atoms with Gasteiger partial charge in [0.05, 0.1) is 18.1 Å². The van der Waals surface area contributed by atoms with Crippen LogP contribution < -0.4 is 10.6 Å². The Labute approximate surface area is 198 Å². The topological polar surface area (TPSA) is 86.3 Å². The second kappa shape index (κ2) is 12.8. The highest BCUT2D eigenvalue weighted by atomic mass is 127. The van der Waals surface area contributed by atoms with Crippen LogP contribution in [0, 0.1) is 5.92 Å². The van der Waals surface area contributed by atoms with E-state index >= 15 is 0 Å². The van der Waals surface area contributed by atoms with E-state index in [9.17, 15) is 8.42 Å². The second-order valence-corrected chi connectivity index (χ2v) is 9.85. The number of rotatable bonds is 8. The number of hydrogen-bond donors (Lipinski definition) is 2. The molecule has 1 aliphatic heterocycles. The molecule has 0 aromatic heterocycles. The van der Waals surface area contributed by atoms with Crippen LogP contribution in [0.3, 0.4) is 0 Å². The molecule has 1 heterocycles. The summed E-state index contributed by atoms with van der Waals surface area (Å²) in [4.78, 5) is 7.07. The summed E-state index contributed by atoms with van der Waals surface area (Å²) in [5, 5.41) is 6.72. The van der Waals surface area contributed by atoms with Crippen molar-refractivity contribution in [2.24, 2.45) is 10.9 Å². The van der Waals surface area contributed by atoms with Crippen molar-refractivity contribution in [3.05, 3.63) is 29.8 Å². The first-order chi connectivity index (χ1) is 13.8. The van der Waals surface area contributed by atoms with Gasteiger partial charge in [0.1, 0.15) is 0 Å². The lowest BCUT2D eigenvalue weighted by Crippen LogP contribution is -2.52. The maximum Gasteiger partial charge on any atom is 0.242 e. The number of nitrogens with zero attached hydrogens (tertiary/aromatic N) is 3. The van der Waals surface area contributed by atoms with Crippen LogP contribution in [0.5, 0.6) is 0 Å². The summed E-state index contributed by atoms with van der Waals surface area (Å²) in [6.07, 6.45) is 0. The van der Waals surface area contributed by atoms with Gasteiger partial charge in [0.2, 0.25) is 10.0 Å². The Morgan fingerprint density at radius 1 is 1.17 bits per heavy atom. The van der Waals surface area contributed by atoms with Gasteiger partial charge in [-0.15, -0.1) is 24.0 Å². The predicted octanol–water partition coefficient (Wildman–Crippen LogP) is 1.58. The zero-order valence-electron chi connectivity index (χ0n) is 18.6. The molecule has 0 amide bonds. The maximum atomic E-state index is 12.2. The Hall–Kier alpha value is -0.950. The average molecular weight is 554 g/mol. The molecular weight excluding hydrogens is 517 g/mol. The molecule has 1 saturated heterocycles. The fraction of sp³-hybridized carbons (Fsp3) is 0.650. The molecular formula is C20H36IN5O3S. The third-order valence-electron chi connectivity index (χ3n) is 5.15. The van der Waals surface area contributed by atoms with Crippen LogP contribution in [-0.2, 0) is 21.3 Å². The number of halogens is 1. The van der Waals surface area contributed by atoms with E-state index in [1.165, 1.54) is 18.4 Å². The molecule has 0 aliphatic carbocycles. The number of aliphatic imine (C=N–C) groups is 1. The van der Waals surface area contributed by atoms with Gasteiger partial charge in [0.25, 0.3) is 0 Å². The monoisotopic (exact) mass is 553 g/mol. The fourth-order valence-electron chi connectivity index (χ4n) is 3.29. The van der Waals surface area contributed by atoms with E-state index in [1.807, 2.05) is 12.1 Å². The lowest BCUT2D eigenvalue weighted by molar-refractivity contribution is 0.00752. The molecule has 1 fully saturated rings. The van der Waals surface area contributed by atoms with Crippen LogP contribution in [0.4, 0.5) is 0 Å². The summed E-state index contributed by atoms with van der Waals surface area (Å²) in [7, 11) is 1.41. The number of hydrogen-bond acceptors (Lipinski definition) is 5. The highest BCUT2D eigenvalue weighted by Crippen LogP contribution is 2.14. The van der Waals surface area contributed by atoms with Gasteiger partial charge in [0.15, 0.2) is 5.96 Å². The molecule has 2 rings (SSSR count). The molecule has 8 nitrogen and oxygen atoms in total. The first-order valence-corrected chi connectivity index (χ1v) is 11.5. The van der Waals surface area contributed by atoms with Crippen LogP contribution in [0.2, 0.25) is 0 Å². The molecule has 0 spiro atoms. The SMILES string of the molecule is CN=C(NCc1ccc(S(=O)(=O)N(C)C)cc1)NCC(C(C)C)N1CCOCC1.I. The van der Waals surface area contributed by atoms with Gasteiger partial charge in [-0.3, -0.25) is 9.89 Å². The summed E-state index contributed by atoms with van der Waals surface area (Å²) in [6.45, 7) is 9.33. The smallest absolute Gasteiger partial charge is 0.242 e. The lowest BCUT2D eigenvalue weighted by Gasteiger charge is -2.37. The Bertz CT molecular complexity index is 763. The van der Waals surface area contributed by atoms with Gasteiger partial charge in [-0.25, -0.2) is 12.7 Å². The maximum absolute atomic E-state index is 12.2. The summed E-state index contributed by atoms with van der Waals surface area (Å²) in [5.74, 6) is 1.25. The molecule has 2 N–H and O–H groups in total. The Balaban J connectivity index is 0.00000450. The van der Waals surface area contributed by atoms with Crippen LogP contribution in [-0.4, -0.2) is 83.6 Å². The van der Waals surface area contributed by atoms with E-state index in [0.717, 1.165) is 44.4 Å². The van der Waals surface area contributed by atoms with Gasteiger partial charge in [-0.05, 0) is 23.6 Å². The van der Waals surface area contributed by atoms with Crippen molar-refractivity contribution < 1.29 is 13.2 Å². The molecule has 0 radical (unpaired) electrons. The molecule has 1 aromatic rings. The zero-order chi connectivity index (χ0) is 21.4. The zero-order valence-corrected chi connectivity index (χ0v) is 21.7. The van der Waals surface area contributed by atoms with Crippen LogP contribution >= 0.6 is 24.0 Å². The van der Waals surface area contributed by atoms with Gasteiger partial charge in [-0.1, -0.05) is 26.0 Å². The number of nitrogens with one attached hydrogen (secondary N) is 2. The van der Waals surface area contributed by atoms with Crippen molar-refractivity contribution in [1.82, 2.24) is 19.8 Å². The second-order valence-electron chi connectivity index (χ2n) is 7.70. The highest BCUT2D eigenvalue weighted by molar-refractivity contribution is 14.0. The predicted molar refractivity (Wildman–Crippen MR) is 132 cm³/mol. The van der Waals surface area contributed by atoms with Gasteiger partial charge < -0.3 is 15.4 Å². The fourth-order valence-corrected chi connectivity index (χ4v) is 4.19. The minimum Gasteiger partial charge on any atom is -0.379 e. The molecule has 30 heavy (non-hydrogen) atoms. The van der Waals surface area contributed by atoms with Crippen molar-refractivity contribution in [2.75, 3.05) is 54.0 Å². The minimum atomic E-state index is -3.40. The van der Waals surface area contributed by atoms with Crippen molar-refractivity contribution in [3.63, 3.8) is 0 Å². The summed E-state index contributed by atoms with van der Waals surface area (Å²) in [6, 6.07) is 7.32. The first-order valence-electron chi connectivity index (χ1n) is 10.0. The number of morpholine rings is 1. The summed E-state index contributed by atoms with van der Waals surface area (Å²) in [5.41, 5.74) is 0.985. The molecule has 10 heteroatoms. The third-order valence-corrected chi connectivity index (χ3v) is 6.98. The third kappa shape index (κ3) is 7.63. The minimum absolute atomic E-state index is 0. The number of benzene rings is 1. The molecule has 0 saturated carbocycles. The van der Waals surface area contributed by atoms with E-state index in [-0.39, 0.29) is 24.0 Å². The van der Waals surface area contributed by atoms with Crippen molar-refractivity contribution in [3.8, 4) is 0 Å². The van der Waals surface area contributed by atoms with Crippen LogP contribution in [0.25, 0.3) is 0 Å². The molecule has 1 aromatic carbocycles. The van der Waals surface area contributed by atoms with E-state index < -0.39 is 10.0 Å². The van der Waals surface area contributed by atoms with Gasteiger partial charge in [-0.2, -0.15) is 0 Å². The van der Waals surface area contributed by atoms with Crippen molar-refractivity contribution >= 4 is 40.0 Å². The number of guanidine groups is 1. The normalized spacial score (nSPS) is 17.0. The largest absolute Gasteiger partial charge is 0.379 e. The quantitative estimate of drug-likeness (QED) is 0.289.